The third-order valence-corrected chi connectivity index (χ3v) is 3.80. The van der Waals surface area contributed by atoms with Gasteiger partial charge in [-0.05, 0) is 17.5 Å². The van der Waals surface area contributed by atoms with Crippen LogP contribution < -0.4 is 5.73 Å². The zero-order valence-electron chi connectivity index (χ0n) is 11.2. The molecule has 2 aromatic carbocycles. The van der Waals surface area contributed by atoms with Crippen molar-refractivity contribution in [2.24, 2.45) is 5.73 Å². The molecule has 0 heterocycles. The summed E-state index contributed by atoms with van der Waals surface area (Å²) in [6, 6.07) is 19.5. The van der Waals surface area contributed by atoms with Crippen LogP contribution in [0.25, 0.3) is 0 Å². The van der Waals surface area contributed by atoms with E-state index in [4.69, 9.17) is 10.5 Å². The van der Waals surface area contributed by atoms with Gasteiger partial charge in [0.2, 0.25) is 0 Å². The molecule has 2 atom stereocenters. The first-order chi connectivity index (χ1) is 9.70. The maximum Gasteiger partial charge on any atom is 0.327 e. The topological polar surface area (TPSA) is 52.3 Å². The van der Waals surface area contributed by atoms with Gasteiger partial charge < -0.3 is 10.5 Å². The third-order valence-electron chi connectivity index (χ3n) is 3.80. The summed E-state index contributed by atoms with van der Waals surface area (Å²) in [4.78, 5) is 12.1. The molecule has 102 valence electrons. The Morgan fingerprint density at radius 3 is 2.35 bits per heavy atom. The zero-order chi connectivity index (χ0) is 14.0. The van der Waals surface area contributed by atoms with Gasteiger partial charge in [0.1, 0.15) is 12.1 Å². The maximum absolute atomic E-state index is 12.1. The summed E-state index contributed by atoms with van der Waals surface area (Å²) in [6.07, 6.45) is 0.657. The molecule has 0 amide bonds. The molecule has 2 aromatic rings. The van der Waals surface area contributed by atoms with Crippen LogP contribution in [-0.2, 0) is 16.1 Å². The smallest absolute Gasteiger partial charge is 0.327 e. The molecule has 0 unspecified atom stereocenters. The van der Waals surface area contributed by atoms with E-state index in [-0.39, 0.29) is 18.5 Å². The molecule has 2 N–H and O–H groups in total. The Bertz CT molecular complexity index is 597. The van der Waals surface area contributed by atoms with Crippen molar-refractivity contribution in [3.05, 3.63) is 71.8 Å². The van der Waals surface area contributed by atoms with E-state index < -0.39 is 5.54 Å². The van der Waals surface area contributed by atoms with Gasteiger partial charge in [0.05, 0.1) is 0 Å². The molecule has 0 bridgehead atoms. The summed E-state index contributed by atoms with van der Waals surface area (Å²) in [5, 5.41) is 0. The van der Waals surface area contributed by atoms with Gasteiger partial charge in [-0.2, -0.15) is 0 Å². The van der Waals surface area contributed by atoms with E-state index in [1.165, 1.54) is 0 Å². The lowest BCUT2D eigenvalue weighted by Gasteiger charge is -2.11. The van der Waals surface area contributed by atoms with Crippen LogP contribution in [0.5, 0.6) is 0 Å². The molecular weight excluding hydrogens is 250 g/mol. The van der Waals surface area contributed by atoms with Gasteiger partial charge in [0.15, 0.2) is 0 Å². The Morgan fingerprint density at radius 1 is 1.10 bits per heavy atom. The van der Waals surface area contributed by atoms with E-state index in [1.807, 2.05) is 60.7 Å². The van der Waals surface area contributed by atoms with E-state index in [1.54, 1.807) is 0 Å². The van der Waals surface area contributed by atoms with Crippen LogP contribution in [0, 0.1) is 0 Å². The van der Waals surface area contributed by atoms with Crippen LogP contribution in [0.1, 0.15) is 23.5 Å². The Morgan fingerprint density at radius 2 is 1.70 bits per heavy atom. The molecule has 20 heavy (non-hydrogen) atoms. The lowest BCUT2D eigenvalue weighted by molar-refractivity contribution is -0.147. The van der Waals surface area contributed by atoms with E-state index >= 15 is 0 Å². The fraction of sp³-hybridized carbons (Fsp3) is 0.235. The van der Waals surface area contributed by atoms with Crippen molar-refractivity contribution in [2.45, 2.75) is 24.5 Å². The van der Waals surface area contributed by atoms with E-state index in [2.05, 4.69) is 0 Å². The summed E-state index contributed by atoms with van der Waals surface area (Å²) in [5.41, 5.74) is 7.38. The van der Waals surface area contributed by atoms with Gasteiger partial charge in [0, 0.05) is 5.92 Å². The molecule has 1 fully saturated rings. The number of hydrogen-bond donors (Lipinski definition) is 1. The van der Waals surface area contributed by atoms with Crippen molar-refractivity contribution >= 4 is 5.97 Å². The number of hydrogen-bond acceptors (Lipinski definition) is 3. The van der Waals surface area contributed by atoms with Crippen molar-refractivity contribution in [3.63, 3.8) is 0 Å². The van der Waals surface area contributed by atoms with Gasteiger partial charge in [-0.3, -0.25) is 4.79 Å². The molecule has 3 nitrogen and oxygen atoms in total. The number of nitrogens with two attached hydrogens (primary N) is 1. The second kappa shape index (κ2) is 5.10. The predicted octanol–water partition coefficient (Wildman–Crippen LogP) is 2.61. The molecule has 1 aliphatic rings. The number of rotatable bonds is 4. The molecule has 0 aromatic heterocycles. The Hall–Kier alpha value is -2.13. The molecule has 0 spiro atoms. The van der Waals surface area contributed by atoms with Crippen LogP contribution in [0.15, 0.2) is 60.7 Å². The van der Waals surface area contributed by atoms with Crippen molar-refractivity contribution in [1.82, 2.24) is 0 Å². The first-order valence-electron chi connectivity index (χ1n) is 6.75. The van der Waals surface area contributed by atoms with Crippen molar-refractivity contribution in [2.75, 3.05) is 0 Å². The molecule has 0 radical (unpaired) electrons. The van der Waals surface area contributed by atoms with Crippen LogP contribution in [0.3, 0.4) is 0 Å². The predicted molar refractivity (Wildman–Crippen MR) is 77.0 cm³/mol. The van der Waals surface area contributed by atoms with Gasteiger partial charge in [0.25, 0.3) is 0 Å². The van der Waals surface area contributed by atoms with Crippen molar-refractivity contribution in [1.29, 1.82) is 0 Å². The van der Waals surface area contributed by atoms with E-state index in [0.29, 0.717) is 6.42 Å². The van der Waals surface area contributed by atoms with Crippen molar-refractivity contribution in [3.8, 4) is 0 Å². The highest BCUT2D eigenvalue weighted by Gasteiger charge is 2.59. The Labute approximate surface area is 118 Å². The SMILES string of the molecule is N[C@@]1(C(=O)OCc2ccccc2)C[C@@H]1c1ccccc1. The summed E-state index contributed by atoms with van der Waals surface area (Å²) < 4.78 is 5.34. The molecule has 0 saturated heterocycles. The quantitative estimate of drug-likeness (QED) is 0.866. The zero-order valence-corrected chi connectivity index (χ0v) is 11.2. The monoisotopic (exact) mass is 267 g/mol. The second-order valence-corrected chi connectivity index (χ2v) is 5.27. The minimum atomic E-state index is -0.851. The van der Waals surface area contributed by atoms with Gasteiger partial charge in [-0.1, -0.05) is 60.7 Å². The minimum Gasteiger partial charge on any atom is -0.459 e. The Kier molecular flexibility index (Phi) is 3.28. The average Bonchev–Trinajstić information content (AvgIpc) is 3.20. The van der Waals surface area contributed by atoms with E-state index in [9.17, 15) is 4.79 Å². The maximum atomic E-state index is 12.1. The number of carbonyl (C=O) groups is 1. The molecule has 1 aliphatic carbocycles. The first kappa shape index (κ1) is 12.9. The molecule has 3 heteroatoms. The number of carbonyl (C=O) groups excluding carboxylic acids is 1. The lowest BCUT2D eigenvalue weighted by atomic mass is 10.1. The second-order valence-electron chi connectivity index (χ2n) is 5.27. The first-order valence-corrected chi connectivity index (χ1v) is 6.75. The van der Waals surface area contributed by atoms with Gasteiger partial charge in [-0.15, -0.1) is 0 Å². The van der Waals surface area contributed by atoms with Crippen LogP contribution in [0.4, 0.5) is 0 Å². The highest BCUT2D eigenvalue weighted by atomic mass is 16.5. The summed E-state index contributed by atoms with van der Waals surface area (Å²) in [5.74, 6) is -0.234. The molecule has 3 rings (SSSR count). The van der Waals surface area contributed by atoms with Gasteiger partial charge in [-0.25, -0.2) is 0 Å². The van der Waals surface area contributed by atoms with Crippen LogP contribution in [-0.4, -0.2) is 11.5 Å². The van der Waals surface area contributed by atoms with Crippen LogP contribution in [0.2, 0.25) is 0 Å². The molecule has 0 aliphatic heterocycles. The van der Waals surface area contributed by atoms with Crippen LogP contribution >= 0.6 is 0 Å². The molecular formula is C17H17NO2. The average molecular weight is 267 g/mol. The lowest BCUT2D eigenvalue weighted by Crippen LogP contribution is -2.36. The largest absolute Gasteiger partial charge is 0.459 e. The summed E-state index contributed by atoms with van der Waals surface area (Å²) >= 11 is 0. The summed E-state index contributed by atoms with van der Waals surface area (Å²) in [6.45, 7) is 0.278. The number of benzene rings is 2. The number of ether oxygens (including phenoxy) is 1. The number of esters is 1. The fourth-order valence-electron chi connectivity index (χ4n) is 2.46. The van der Waals surface area contributed by atoms with Crippen molar-refractivity contribution < 1.29 is 9.53 Å². The van der Waals surface area contributed by atoms with Gasteiger partial charge >= 0.3 is 5.97 Å². The highest BCUT2D eigenvalue weighted by molar-refractivity contribution is 5.86. The molecule has 1 saturated carbocycles. The fourth-order valence-corrected chi connectivity index (χ4v) is 2.46. The minimum absolute atomic E-state index is 0.0759. The Balaban J connectivity index is 1.61. The van der Waals surface area contributed by atoms with E-state index in [0.717, 1.165) is 11.1 Å². The standard InChI is InChI=1S/C17H17NO2/c18-17(11-15(17)14-9-5-2-6-10-14)16(19)20-12-13-7-3-1-4-8-13/h1-10,15H,11-12,18H2/t15-,17+/m1/s1. The normalized spacial score (nSPS) is 24.1. The summed E-state index contributed by atoms with van der Waals surface area (Å²) in [7, 11) is 0. The highest BCUT2D eigenvalue weighted by Crippen LogP contribution is 2.50. The third kappa shape index (κ3) is 2.45.